The molecule has 2 unspecified atom stereocenters. The quantitative estimate of drug-likeness (QED) is 0.728. The van der Waals surface area contributed by atoms with E-state index in [4.69, 9.17) is 0 Å². The SMILES string of the molecule is CCCCC1=CC=CC(O)(CCCC)C1O. The van der Waals surface area contributed by atoms with E-state index in [1.807, 2.05) is 12.2 Å². The molecule has 92 valence electrons. The first-order valence-electron chi connectivity index (χ1n) is 6.42. The number of allylic oxidation sites excluding steroid dienone is 2. The maximum absolute atomic E-state index is 10.4. The summed E-state index contributed by atoms with van der Waals surface area (Å²) < 4.78 is 0. The van der Waals surface area contributed by atoms with E-state index in [9.17, 15) is 10.2 Å². The predicted molar refractivity (Wildman–Crippen MR) is 67.2 cm³/mol. The molecule has 16 heavy (non-hydrogen) atoms. The first-order valence-corrected chi connectivity index (χ1v) is 6.42. The smallest absolute Gasteiger partial charge is 0.113 e. The second-order valence-corrected chi connectivity index (χ2v) is 4.70. The van der Waals surface area contributed by atoms with Crippen molar-refractivity contribution < 1.29 is 10.2 Å². The van der Waals surface area contributed by atoms with Gasteiger partial charge in [0.15, 0.2) is 0 Å². The number of rotatable bonds is 6. The summed E-state index contributed by atoms with van der Waals surface area (Å²) >= 11 is 0. The van der Waals surface area contributed by atoms with Crippen LogP contribution in [0.2, 0.25) is 0 Å². The Morgan fingerprint density at radius 2 is 1.94 bits per heavy atom. The molecular weight excluding hydrogens is 200 g/mol. The van der Waals surface area contributed by atoms with Gasteiger partial charge >= 0.3 is 0 Å². The minimum atomic E-state index is -1.03. The molecule has 0 aliphatic heterocycles. The van der Waals surface area contributed by atoms with Gasteiger partial charge in [-0.25, -0.2) is 0 Å². The third-order valence-electron chi connectivity index (χ3n) is 3.27. The third-order valence-corrected chi connectivity index (χ3v) is 3.27. The van der Waals surface area contributed by atoms with Crippen molar-refractivity contribution in [2.75, 3.05) is 0 Å². The van der Waals surface area contributed by atoms with Gasteiger partial charge in [-0.2, -0.15) is 0 Å². The molecule has 2 N–H and O–H groups in total. The van der Waals surface area contributed by atoms with Crippen LogP contribution in [0.25, 0.3) is 0 Å². The van der Waals surface area contributed by atoms with E-state index in [0.29, 0.717) is 6.42 Å². The molecule has 2 atom stereocenters. The zero-order valence-corrected chi connectivity index (χ0v) is 10.4. The lowest BCUT2D eigenvalue weighted by Gasteiger charge is -2.34. The molecule has 0 heterocycles. The van der Waals surface area contributed by atoms with Crippen LogP contribution in [0, 0.1) is 0 Å². The molecule has 1 aliphatic rings. The zero-order valence-electron chi connectivity index (χ0n) is 10.4. The fourth-order valence-corrected chi connectivity index (χ4v) is 2.12. The predicted octanol–water partition coefficient (Wildman–Crippen LogP) is 2.96. The average molecular weight is 224 g/mol. The lowest BCUT2D eigenvalue weighted by Crippen LogP contribution is -2.43. The van der Waals surface area contributed by atoms with Crippen LogP contribution < -0.4 is 0 Å². The summed E-state index contributed by atoms with van der Waals surface area (Å²) in [5.41, 5.74) is -0.0589. The Morgan fingerprint density at radius 3 is 2.56 bits per heavy atom. The first-order chi connectivity index (χ1) is 7.64. The minimum absolute atomic E-state index is 0.643. The molecule has 0 radical (unpaired) electrons. The van der Waals surface area contributed by atoms with Crippen LogP contribution >= 0.6 is 0 Å². The standard InChI is InChI=1S/C14H24O2/c1-3-5-8-12-9-7-11-14(16,13(12)15)10-6-4-2/h7,9,11,13,15-16H,3-6,8,10H2,1-2H3. The van der Waals surface area contributed by atoms with Gasteiger partial charge in [-0.3, -0.25) is 0 Å². The summed E-state index contributed by atoms with van der Waals surface area (Å²) in [6.45, 7) is 4.23. The Balaban J connectivity index is 2.64. The fraction of sp³-hybridized carbons (Fsp3) is 0.714. The van der Waals surface area contributed by atoms with Gasteiger partial charge in [-0.05, 0) is 24.8 Å². The molecular formula is C14H24O2. The van der Waals surface area contributed by atoms with E-state index in [1.54, 1.807) is 6.08 Å². The Bertz CT molecular complexity index is 268. The van der Waals surface area contributed by atoms with Gasteiger partial charge in [0.1, 0.15) is 11.7 Å². The molecule has 0 saturated carbocycles. The minimum Gasteiger partial charge on any atom is -0.385 e. The van der Waals surface area contributed by atoms with Crippen molar-refractivity contribution in [2.24, 2.45) is 0 Å². The van der Waals surface area contributed by atoms with Crippen molar-refractivity contribution in [3.8, 4) is 0 Å². The van der Waals surface area contributed by atoms with Crippen LogP contribution in [0.3, 0.4) is 0 Å². The normalized spacial score (nSPS) is 29.2. The van der Waals surface area contributed by atoms with E-state index in [0.717, 1.165) is 37.7 Å². The van der Waals surface area contributed by atoms with Crippen LogP contribution in [-0.2, 0) is 0 Å². The summed E-state index contributed by atoms with van der Waals surface area (Å²) in [5.74, 6) is 0. The molecule has 0 spiro atoms. The largest absolute Gasteiger partial charge is 0.385 e. The Labute approximate surface area is 98.7 Å². The van der Waals surface area contributed by atoms with E-state index in [-0.39, 0.29) is 0 Å². The number of aliphatic hydroxyl groups is 2. The van der Waals surface area contributed by atoms with E-state index in [1.165, 1.54) is 0 Å². The second kappa shape index (κ2) is 6.21. The number of aliphatic hydroxyl groups excluding tert-OH is 1. The molecule has 2 heteroatoms. The number of hydrogen-bond acceptors (Lipinski definition) is 2. The highest BCUT2D eigenvalue weighted by atomic mass is 16.3. The topological polar surface area (TPSA) is 40.5 Å². The molecule has 0 bridgehead atoms. The van der Waals surface area contributed by atoms with Gasteiger partial charge in [0, 0.05) is 0 Å². The van der Waals surface area contributed by atoms with Crippen LogP contribution in [-0.4, -0.2) is 21.9 Å². The van der Waals surface area contributed by atoms with E-state index >= 15 is 0 Å². The van der Waals surface area contributed by atoms with Crippen molar-refractivity contribution in [3.05, 3.63) is 23.8 Å². The van der Waals surface area contributed by atoms with Crippen LogP contribution in [0.15, 0.2) is 23.8 Å². The number of unbranched alkanes of at least 4 members (excludes halogenated alkanes) is 2. The molecule has 0 amide bonds. The maximum atomic E-state index is 10.4. The first kappa shape index (κ1) is 13.5. The molecule has 1 aliphatic carbocycles. The summed E-state index contributed by atoms with van der Waals surface area (Å²) in [5, 5.41) is 20.5. The van der Waals surface area contributed by atoms with Gasteiger partial charge in [-0.15, -0.1) is 0 Å². The van der Waals surface area contributed by atoms with Crippen molar-refractivity contribution in [2.45, 2.75) is 64.1 Å². The van der Waals surface area contributed by atoms with Crippen LogP contribution in [0.4, 0.5) is 0 Å². The Morgan fingerprint density at radius 1 is 1.25 bits per heavy atom. The summed E-state index contributed by atoms with van der Waals surface area (Å²) in [6, 6.07) is 0. The lowest BCUT2D eigenvalue weighted by atomic mass is 9.81. The van der Waals surface area contributed by atoms with E-state index < -0.39 is 11.7 Å². The van der Waals surface area contributed by atoms with Gasteiger partial charge in [0.2, 0.25) is 0 Å². The highest BCUT2D eigenvalue weighted by Gasteiger charge is 2.35. The van der Waals surface area contributed by atoms with Crippen molar-refractivity contribution in [1.29, 1.82) is 0 Å². The summed E-state index contributed by atoms with van der Waals surface area (Å²) in [4.78, 5) is 0. The lowest BCUT2D eigenvalue weighted by molar-refractivity contribution is -0.0300. The van der Waals surface area contributed by atoms with E-state index in [2.05, 4.69) is 13.8 Å². The molecule has 0 aromatic heterocycles. The van der Waals surface area contributed by atoms with Crippen LogP contribution in [0.5, 0.6) is 0 Å². The number of hydrogen-bond donors (Lipinski definition) is 2. The van der Waals surface area contributed by atoms with Gasteiger partial charge in [0.25, 0.3) is 0 Å². The van der Waals surface area contributed by atoms with Crippen LogP contribution in [0.1, 0.15) is 52.4 Å². The molecule has 0 fully saturated rings. The second-order valence-electron chi connectivity index (χ2n) is 4.70. The Kier molecular flexibility index (Phi) is 5.23. The molecule has 2 nitrogen and oxygen atoms in total. The Hall–Kier alpha value is -0.600. The van der Waals surface area contributed by atoms with Gasteiger partial charge in [0.05, 0.1) is 0 Å². The monoisotopic (exact) mass is 224 g/mol. The maximum Gasteiger partial charge on any atom is 0.113 e. The van der Waals surface area contributed by atoms with Crippen molar-refractivity contribution in [3.63, 3.8) is 0 Å². The molecule has 0 aromatic rings. The molecule has 1 rings (SSSR count). The van der Waals surface area contributed by atoms with Crippen molar-refractivity contribution in [1.82, 2.24) is 0 Å². The average Bonchev–Trinajstić information content (AvgIpc) is 2.29. The molecule has 0 aromatic carbocycles. The summed E-state index contributed by atoms with van der Waals surface area (Å²) in [6.07, 6.45) is 10.5. The van der Waals surface area contributed by atoms with Gasteiger partial charge < -0.3 is 10.2 Å². The molecule has 0 saturated heterocycles. The highest BCUT2D eigenvalue weighted by Crippen LogP contribution is 2.30. The van der Waals surface area contributed by atoms with Gasteiger partial charge in [-0.1, -0.05) is 51.3 Å². The summed E-state index contributed by atoms with van der Waals surface area (Å²) in [7, 11) is 0. The fourth-order valence-electron chi connectivity index (χ4n) is 2.12. The third kappa shape index (κ3) is 3.19. The zero-order chi connectivity index (χ0) is 12.0. The highest BCUT2D eigenvalue weighted by molar-refractivity contribution is 5.30. The van der Waals surface area contributed by atoms with Crippen molar-refractivity contribution >= 4 is 0 Å².